The first-order valence-electron chi connectivity index (χ1n) is 6.24. The third-order valence-corrected chi connectivity index (χ3v) is 4.16. The number of anilines is 1. The summed E-state index contributed by atoms with van der Waals surface area (Å²) < 4.78 is 0. The predicted molar refractivity (Wildman–Crippen MR) is 76.1 cm³/mol. The van der Waals surface area contributed by atoms with Gasteiger partial charge in [0.05, 0.1) is 5.51 Å². The minimum absolute atomic E-state index is 0.904. The molecule has 0 atom stereocenters. The van der Waals surface area contributed by atoms with E-state index in [1.165, 1.54) is 28.1 Å². The lowest BCUT2D eigenvalue weighted by atomic mass is 10.1. The quantitative estimate of drug-likeness (QED) is 0.914. The van der Waals surface area contributed by atoms with Gasteiger partial charge in [0.15, 0.2) is 0 Å². The Morgan fingerprint density at radius 2 is 2.33 bits per heavy atom. The van der Waals surface area contributed by atoms with Crippen molar-refractivity contribution in [1.82, 2.24) is 10.3 Å². The van der Waals surface area contributed by atoms with Crippen LogP contribution in [0.5, 0.6) is 0 Å². The topological polar surface area (TPSA) is 28.2 Å². The number of thiazole rings is 1. The maximum atomic E-state index is 4.08. The highest BCUT2D eigenvalue weighted by atomic mass is 32.1. The van der Waals surface area contributed by atoms with E-state index >= 15 is 0 Å². The molecule has 18 heavy (non-hydrogen) atoms. The smallest absolute Gasteiger partial charge is 0.0794 e. The Kier molecular flexibility index (Phi) is 3.30. The molecule has 0 amide bonds. The molecule has 3 nitrogen and oxygen atoms in total. The maximum Gasteiger partial charge on any atom is 0.0794 e. The predicted octanol–water partition coefficient (Wildman–Crippen LogP) is 2.43. The average Bonchev–Trinajstić information content (AvgIpc) is 3.00. The van der Waals surface area contributed by atoms with Crippen molar-refractivity contribution in [2.45, 2.75) is 19.5 Å². The summed E-state index contributed by atoms with van der Waals surface area (Å²) in [5.74, 6) is 0. The molecule has 0 unspecified atom stereocenters. The molecule has 0 fully saturated rings. The zero-order chi connectivity index (χ0) is 12.4. The van der Waals surface area contributed by atoms with Crippen LogP contribution in [0.2, 0.25) is 0 Å². The van der Waals surface area contributed by atoms with Gasteiger partial charge in [-0.15, -0.1) is 11.3 Å². The number of likely N-dealkylation sites (N-methyl/N-ethyl adjacent to an activating group) is 1. The van der Waals surface area contributed by atoms with Gasteiger partial charge in [-0.3, -0.25) is 4.98 Å². The number of fused-ring (bicyclic) bond motifs is 1. The fraction of sp³-hybridized carbons (Fsp3) is 0.357. The van der Waals surface area contributed by atoms with Gasteiger partial charge in [0.25, 0.3) is 0 Å². The average molecular weight is 259 g/mol. The van der Waals surface area contributed by atoms with E-state index in [4.69, 9.17) is 0 Å². The fourth-order valence-corrected chi connectivity index (χ4v) is 2.95. The summed E-state index contributed by atoms with van der Waals surface area (Å²) in [4.78, 5) is 7.69. The van der Waals surface area contributed by atoms with Crippen LogP contribution >= 0.6 is 11.3 Å². The number of hydrogen-bond acceptors (Lipinski definition) is 4. The molecule has 2 heterocycles. The van der Waals surface area contributed by atoms with Crippen molar-refractivity contribution in [2.24, 2.45) is 0 Å². The highest BCUT2D eigenvalue weighted by Crippen LogP contribution is 2.27. The van der Waals surface area contributed by atoms with Crippen molar-refractivity contribution in [1.29, 1.82) is 0 Å². The lowest BCUT2D eigenvalue weighted by Gasteiger charge is -2.12. The van der Waals surface area contributed by atoms with Crippen molar-refractivity contribution < 1.29 is 0 Å². The Labute approximate surface area is 111 Å². The first-order valence-corrected chi connectivity index (χ1v) is 7.12. The Morgan fingerprint density at radius 1 is 1.39 bits per heavy atom. The lowest BCUT2D eigenvalue weighted by molar-refractivity contribution is 0.699. The van der Waals surface area contributed by atoms with Gasteiger partial charge in [0, 0.05) is 43.4 Å². The van der Waals surface area contributed by atoms with Crippen LogP contribution in [0, 0.1) is 0 Å². The number of benzene rings is 1. The second-order valence-electron chi connectivity index (χ2n) is 4.71. The van der Waals surface area contributed by atoms with Crippen LogP contribution in [0.4, 0.5) is 5.69 Å². The molecule has 0 bridgehead atoms. The standard InChI is InChI=1S/C14H17N3S/c1-17-5-4-12-6-11(2-3-14(12)17)7-15-8-13-9-16-10-18-13/h2-3,6,9-10,15H,4-5,7-8H2,1H3. The highest BCUT2D eigenvalue weighted by molar-refractivity contribution is 7.09. The third-order valence-electron chi connectivity index (χ3n) is 3.38. The van der Waals surface area contributed by atoms with Crippen LogP contribution in [0.25, 0.3) is 0 Å². The van der Waals surface area contributed by atoms with E-state index < -0.39 is 0 Å². The Hall–Kier alpha value is -1.39. The Morgan fingerprint density at radius 3 is 3.17 bits per heavy atom. The molecule has 1 aliphatic rings. The molecule has 0 saturated heterocycles. The molecule has 1 aromatic carbocycles. The monoisotopic (exact) mass is 259 g/mol. The summed E-state index contributed by atoms with van der Waals surface area (Å²) in [7, 11) is 2.16. The molecule has 2 aromatic rings. The van der Waals surface area contributed by atoms with Crippen molar-refractivity contribution >= 4 is 17.0 Å². The van der Waals surface area contributed by atoms with Gasteiger partial charge in [0.1, 0.15) is 0 Å². The summed E-state index contributed by atoms with van der Waals surface area (Å²) in [6, 6.07) is 6.80. The first-order chi connectivity index (χ1) is 8.83. The van der Waals surface area contributed by atoms with Gasteiger partial charge in [-0.1, -0.05) is 12.1 Å². The van der Waals surface area contributed by atoms with E-state index in [1.54, 1.807) is 11.3 Å². The molecule has 0 spiro atoms. The van der Waals surface area contributed by atoms with Gasteiger partial charge >= 0.3 is 0 Å². The molecular weight excluding hydrogens is 242 g/mol. The number of nitrogens with zero attached hydrogens (tertiary/aromatic N) is 2. The van der Waals surface area contributed by atoms with Gasteiger partial charge < -0.3 is 10.2 Å². The number of aromatic nitrogens is 1. The van der Waals surface area contributed by atoms with E-state index in [2.05, 4.69) is 40.4 Å². The minimum atomic E-state index is 0.904. The van der Waals surface area contributed by atoms with Crippen LogP contribution in [-0.4, -0.2) is 18.6 Å². The van der Waals surface area contributed by atoms with Gasteiger partial charge in [-0.2, -0.15) is 0 Å². The summed E-state index contributed by atoms with van der Waals surface area (Å²) in [6.45, 7) is 2.98. The number of nitrogens with one attached hydrogen (secondary N) is 1. The van der Waals surface area contributed by atoms with Crippen LogP contribution in [-0.2, 0) is 19.5 Å². The molecule has 94 valence electrons. The summed E-state index contributed by atoms with van der Waals surface area (Å²) in [6.07, 6.45) is 3.10. The second kappa shape index (κ2) is 5.08. The van der Waals surface area contributed by atoms with Crippen LogP contribution < -0.4 is 10.2 Å². The number of hydrogen-bond donors (Lipinski definition) is 1. The minimum Gasteiger partial charge on any atom is -0.374 e. The lowest BCUT2D eigenvalue weighted by Crippen LogP contribution is -2.13. The number of rotatable bonds is 4. The zero-order valence-electron chi connectivity index (χ0n) is 10.5. The molecule has 3 rings (SSSR count). The first kappa shape index (κ1) is 11.7. The van der Waals surface area contributed by atoms with E-state index in [-0.39, 0.29) is 0 Å². The van der Waals surface area contributed by atoms with Gasteiger partial charge in [-0.05, 0) is 23.6 Å². The Bertz CT molecular complexity index is 522. The third kappa shape index (κ3) is 2.40. The molecule has 0 radical (unpaired) electrons. The van der Waals surface area contributed by atoms with Crippen molar-refractivity contribution in [3.05, 3.63) is 45.9 Å². The van der Waals surface area contributed by atoms with Crippen LogP contribution in [0.3, 0.4) is 0 Å². The van der Waals surface area contributed by atoms with E-state index in [1.807, 2.05) is 11.7 Å². The molecule has 0 aliphatic carbocycles. The Balaban J connectivity index is 1.60. The van der Waals surface area contributed by atoms with Gasteiger partial charge in [0.2, 0.25) is 0 Å². The highest BCUT2D eigenvalue weighted by Gasteiger charge is 2.15. The maximum absolute atomic E-state index is 4.08. The van der Waals surface area contributed by atoms with Crippen molar-refractivity contribution in [2.75, 3.05) is 18.5 Å². The fourth-order valence-electron chi connectivity index (χ4n) is 2.39. The summed E-state index contributed by atoms with van der Waals surface area (Å²) in [5.41, 5.74) is 6.12. The summed E-state index contributed by atoms with van der Waals surface area (Å²) >= 11 is 1.70. The van der Waals surface area contributed by atoms with E-state index in [0.717, 1.165) is 19.6 Å². The molecule has 1 N–H and O–H groups in total. The molecule has 4 heteroatoms. The van der Waals surface area contributed by atoms with Crippen LogP contribution in [0.15, 0.2) is 29.9 Å². The molecule has 1 aliphatic heterocycles. The second-order valence-corrected chi connectivity index (χ2v) is 5.68. The molecule has 0 saturated carbocycles. The SMILES string of the molecule is CN1CCc2cc(CNCc3cncs3)ccc21. The van der Waals surface area contributed by atoms with Gasteiger partial charge in [-0.25, -0.2) is 0 Å². The van der Waals surface area contributed by atoms with Crippen LogP contribution in [0.1, 0.15) is 16.0 Å². The van der Waals surface area contributed by atoms with E-state index in [9.17, 15) is 0 Å². The van der Waals surface area contributed by atoms with Crippen molar-refractivity contribution in [3.63, 3.8) is 0 Å². The largest absolute Gasteiger partial charge is 0.374 e. The normalized spacial score (nSPS) is 13.9. The molecule has 1 aromatic heterocycles. The van der Waals surface area contributed by atoms with E-state index in [0.29, 0.717) is 0 Å². The molecular formula is C14H17N3S. The van der Waals surface area contributed by atoms with Crippen molar-refractivity contribution in [3.8, 4) is 0 Å². The zero-order valence-corrected chi connectivity index (χ0v) is 11.3. The summed E-state index contributed by atoms with van der Waals surface area (Å²) in [5, 5.41) is 3.46.